The predicted molar refractivity (Wildman–Crippen MR) is 84.8 cm³/mol. The fourth-order valence-corrected chi connectivity index (χ4v) is 3.02. The molecule has 0 saturated carbocycles. The third-order valence-corrected chi connectivity index (χ3v) is 4.18. The molecule has 2 aromatic rings. The van der Waals surface area contributed by atoms with Gasteiger partial charge in [0.25, 0.3) is 5.91 Å². The van der Waals surface area contributed by atoms with Crippen molar-refractivity contribution in [1.82, 2.24) is 5.43 Å². The number of carbonyl (C=O) groups is 1. The van der Waals surface area contributed by atoms with Crippen molar-refractivity contribution >= 4 is 23.5 Å². The quantitative estimate of drug-likeness (QED) is 0.677. The second-order valence-electron chi connectivity index (χ2n) is 4.94. The summed E-state index contributed by atoms with van der Waals surface area (Å²) < 4.78 is 0. The summed E-state index contributed by atoms with van der Waals surface area (Å²) in [6, 6.07) is 6.15. The summed E-state index contributed by atoms with van der Waals surface area (Å²) in [7, 11) is 0. The summed E-state index contributed by atoms with van der Waals surface area (Å²) >= 11 is 1.43. The lowest BCUT2D eigenvalue weighted by Gasteiger charge is -2.06. The maximum absolute atomic E-state index is 11.9. The molecule has 0 aliphatic rings. The molecule has 2 rings (SSSR count). The molecule has 1 aromatic carbocycles. The summed E-state index contributed by atoms with van der Waals surface area (Å²) in [4.78, 5) is 12.6. The van der Waals surface area contributed by atoms with Crippen molar-refractivity contribution in [3.05, 3.63) is 56.3 Å². The van der Waals surface area contributed by atoms with Gasteiger partial charge in [-0.3, -0.25) is 4.79 Å². The lowest BCUT2D eigenvalue weighted by atomic mass is 10.0. The summed E-state index contributed by atoms with van der Waals surface area (Å²) in [6.45, 7) is 8.09. The molecule has 4 heteroatoms. The van der Waals surface area contributed by atoms with Gasteiger partial charge in [0.1, 0.15) is 0 Å². The van der Waals surface area contributed by atoms with Crippen LogP contribution in [0.15, 0.2) is 28.7 Å². The highest BCUT2D eigenvalue weighted by Gasteiger charge is 2.09. The number of rotatable bonds is 3. The van der Waals surface area contributed by atoms with Gasteiger partial charge in [0.15, 0.2) is 0 Å². The Morgan fingerprint density at radius 2 is 1.80 bits per heavy atom. The van der Waals surface area contributed by atoms with Crippen molar-refractivity contribution < 1.29 is 4.79 Å². The number of hydrazone groups is 1. The zero-order valence-corrected chi connectivity index (χ0v) is 13.0. The Labute approximate surface area is 123 Å². The Hall–Kier alpha value is -1.94. The topological polar surface area (TPSA) is 41.5 Å². The summed E-state index contributed by atoms with van der Waals surface area (Å²) in [6.07, 6.45) is 1.71. The van der Waals surface area contributed by atoms with Crippen LogP contribution in [0.5, 0.6) is 0 Å². The second kappa shape index (κ2) is 6.01. The Bertz CT molecular complexity index is 648. The van der Waals surface area contributed by atoms with Gasteiger partial charge in [-0.1, -0.05) is 17.7 Å². The number of nitrogens with zero attached hydrogens (tertiary/aromatic N) is 1. The van der Waals surface area contributed by atoms with Gasteiger partial charge in [0.05, 0.1) is 11.1 Å². The standard InChI is InChI=1S/C16H18N2OS/c1-10-7-12(3)14(13(4)8-10)9-17-18-16(19)15-11(2)5-6-20-15/h5-9H,1-4H3,(H,18,19). The van der Waals surface area contributed by atoms with Crippen LogP contribution in [0, 0.1) is 27.7 Å². The van der Waals surface area contributed by atoms with Crippen molar-refractivity contribution in [2.45, 2.75) is 27.7 Å². The number of hydrogen-bond donors (Lipinski definition) is 1. The molecule has 0 aliphatic carbocycles. The molecule has 0 radical (unpaired) electrons. The van der Waals surface area contributed by atoms with Gasteiger partial charge in [-0.05, 0) is 55.8 Å². The van der Waals surface area contributed by atoms with E-state index in [1.165, 1.54) is 16.9 Å². The highest BCUT2D eigenvalue weighted by molar-refractivity contribution is 7.12. The SMILES string of the molecule is Cc1cc(C)c(C=NNC(=O)c2sccc2C)c(C)c1. The van der Waals surface area contributed by atoms with Crippen LogP contribution in [0.1, 0.15) is 37.5 Å². The third-order valence-electron chi connectivity index (χ3n) is 3.17. The lowest BCUT2D eigenvalue weighted by Crippen LogP contribution is -2.17. The monoisotopic (exact) mass is 286 g/mol. The zero-order valence-electron chi connectivity index (χ0n) is 12.2. The predicted octanol–water partition coefficient (Wildman–Crippen LogP) is 3.75. The van der Waals surface area contributed by atoms with Gasteiger partial charge < -0.3 is 0 Å². The summed E-state index contributed by atoms with van der Waals surface area (Å²) in [5.41, 5.74) is 8.17. The Kier molecular flexibility index (Phi) is 4.35. The summed E-state index contributed by atoms with van der Waals surface area (Å²) in [5.74, 6) is -0.156. The van der Waals surface area contributed by atoms with Crippen LogP contribution in [0.4, 0.5) is 0 Å². The van der Waals surface area contributed by atoms with Crippen molar-refractivity contribution in [3.63, 3.8) is 0 Å². The molecule has 1 amide bonds. The van der Waals surface area contributed by atoms with Crippen LogP contribution >= 0.6 is 11.3 Å². The van der Waals surface area contributed by atoms with Crippen LogP contribution < -0.4 is 5.43 Å². The van der Waals surface area contributed by atoms with E-state index in [2.05, 4.69) is 29.6 Å². The van der Waals surface area contributed by atoms with E-state index in [9.17, 15) is 4.79 Å². The van der Waals surface area contributed by atoms with Crippen LogP contribution in [0.3, 0.4) is 0 Å². The third kappa shape index (κ3) is 3.14. The van der Waals surface area contributed by atoms with Gasteiger partial charge in [-0.25, -0.2) is 5.43 Å². The van der Waals surface area contributed by atoms with Gasteiger partial charge >= 0.3 is 0 Å². The van der Waals surface area contributed by atoms with Crippen molar-refractivity contribution in [3.8, 4) is 0 Å². The molecule has 0 saturated heterocycles. The van der Waals surface area contributed by atoms with E-state index in [0.29, 0.717) is 4.88 Å². The average molecular weight is 286 g/mol. The Morgan fingerprint density at radius 3 is 2.35 bits per heavy atom. The zero-order chi connectivity index (χ0) is 14.7. The van der Waals surface area contributed by atoms with Crippen molar-refractivity contribution in [2.24, 2.45) is 5.10 Å². The highest BCUT2D eigenvalue weighted by atomic mass is 32.1. The number of nitrogens with one attached hydrogen (secondary N) is 1. The Balaban J connectivity index is 2.12. The molecule has 0 fully saturated rings. The molecule has 104 valence electrons. The number of hydrogen-bond acceptors (Lipinski definition) is 3. The second-order valence-corrected chi connectivity index (χ2v) is 5.86. The van der Waals surface area contributed by atoms with E-state index < -0.39 is 0 Å². The van der Waals surface area contributed by atoms with Gasteiger partial charge in [0, 0.05) is 5.56 Å². The number of carbonyl (C=O) groups excluding carboxylic acids is 1. The first-order valence-corrected chi connectivity index (χ1v) is 7.32. The minimum absolute atomic E-state index is 0.156. The number of amides is 1. The first-order valence-electron chi connectivity index (χ1n) is 6.44. The molecule has 20 heavy (non-hydrogen) atoms. The van der Waals surface area contributed by atoms with E-state index >= 15 is 0 Å². The van der Waals surface area contributed by atoms with Crippen LogP contribution in [-0.4, -0.2) is 12.1 Å². The van der Waals surface area contributed by atoms with Gasteiger partial charge in [-0.2, -0.15) is 5.10 Å². The molecule has 0 atom stereocenters. The number of aryl methyl sites for hydroxylation is 4. The molecule has 1 N–H and O–H groups in total. The molecule has 1 aromatic heterocycles. The normalized spacial score (nSPS) is 11.0. The first kappa shape index (κ1) is 14.5. The largest absolute Gasteiger partial charge is 0.281 e. The molecular formula is C16H18N2OS. The maximum atomic E-state index is 11.9. The summed E-state index contributed by atoms with van der Waals surface area (Å²) in [5, 5.41) is 5.98. The molecule has 1 heterocycles. The van der Waals surface area contributed by atoms with Gasteiger partial charge in [-0.15, -0.1) is 11.3 Å². The lowest BCUT2D eigenvalue weighted by molar-refractivity contribution is 0.0958. The molecule has 0 bridgehead atoms. The molecule has 3 nitrogen and oxygen atoms in total. The number of thiophene rings is 1. The van der Waals surface area contributed by atoms with E-state index in [4.69, 9.17) is 0 Å². The van der Waals surface area contributed by atoms with Crippen LogP contribution in [0.25, 0.3) is 0 Å². The molecule has 0 unspecified atom stereocenters. The minimum Gasteiger partial charge on any atom is -0.266 e. The maximum Gasteiger partial charge on any atom is 0.281 e. The fraction of sp³-hybridized carbons (Fsp3) is 0.250. The Morgan fingerprint density at radius 1 is 1.15 bits per heavy atom. The molecular weight excluding hydrogens is 268 g/mol. The number of benzene rings is 1. The molecule has 0 spiro atoms. The smallest absolute Gasteiger partial charge is 0.266 e. The van der Waals surface area contributed by atoms with Crippen LogP contribution in [-0.2, 0) is 0 Å². The van der Waals surface area contributed by atoms with Crippen LogP contribution in [0.2, 0.25) is 0 Å². The molecule has 0 aliphatic heterocycles. The van der Waals surface area contributed by atoms with E-state index in [0.717, 1.165) is 22.3 Å². The van der Waals surface area contributed by atoms with E-state index in [-0.39, 0.29) is 5.91 Å². The van der Waals surface area contributed by atoms with Crippen molar-refractivity contribution in [1.29, 1.82) is 0 Å². The minimum atomic E-state index is -0.156. The van der Waals surface area contributed by atoms with Gasteiger partial charge in [0.2, 0.25) is 0 Å². The first-order chi connectivity index (χ1) is 9.49. The fourth-order valence-electron chi connectivity index (χ4n) is 2.21. The average Bonchev–Trinajstić information content (AvgIpc) is 2.78. The highest BCUT2D eigenvalue weighted by Crippen LogP contribution is 2.16. The van der Waals surface area contributed by atoms with Crippen molar-refractivity contribution in [2.75, 3.05) is 0 Å². The van der Waals surface area contributed by atoms with E-state index in [1.807, 2.05) is 32.2 Å². The van der Waals surface area contributed by atoms with E-state index in [1.54, 1.807) is 6.21 Å².